The van der Waals surface area contributed by atoms with Crippen molar-refractivity contribution in [1.29, 1.82) is 0 Å². The van der Waals surface area contributed by atoms with E-state index >= 15 is 0 Å². The van der Waals surface area contributed by atoms with Gasteiger partial charge in [-0.2, -0.15) is 9.40 Å². The highest BCUT2D eigenvalue weighted by molar-refractivity contribution is 7.89. The van der Waals surface area contributed by atoms with Gasteiger partial charge in [-0.1, -0.05) is 18.2 Å². The quantitative estimate of drug-likeness (QED) is 0.881. The minimum absolute atomic E-state index is 0.240. The molecular formula is C14H19N3O3S. The van der Waals surface area contributed by atoms with Gasteiger partial charge in [0.1, 0.15) is 17.3 Å². The fourth-order valence-electron chi connectivity index (χ4n) is 2.01. The summed E-state index contributed by atoms with van der Waals surface area (Å²) in [5.74, 6) is 0.721. The fourth-order valence-corrected chi connectivity index (χ4v) is 3.48. The van der Waals surface area contributed by atoms with Crippen molar-refractivity contribution in [2.24, 2.45) is 0 Å². The molecule has 0 radical (unpaired) electrons. The number of hydrogen-bond acceptors (Lipinski definition) is 4. The first-order valence-electron chi connectivity index (χ1n) is 6.58. The SMILES string of the molecule is Cc1n[nH]c(C)c1S(=O)(=O)N(C)CCOc1ccccc1. The van der Waals surface area contributed by atoms with Gasteiger partial charge in [0.2, 0.25) is 10.0 Å². The summed E-state index contributed by atoms with van der Waals surface area (Å²) < 4.78 is 31.8. The van der Waals surface area contributed by atoms with E-state index in [1.54, 1.807) is 13.8 Å². The van der Waals surface area contributed by atoms with Gasteiger partial charge in [0.15, 0.2) is 0 Å². The molecule has 7 heteroatoms. The molecule has 0 unspecified atom stereocenters. The number of para-hydroxylation sites is 1. The highest BCUT2D eigenvalue weighted by Gasteiger charge is 2.26. The highest BCUT2D eigenvalue weighted by atomic mass is 32.2. The Morgan fingerprint density at radius 3 is 2.48 bits per heavy atom. The molecule has 2 rings (SSSR count). The third-order valence-corrected chi connectivity index (χ3v) is 5.27. The van der Waals surface area contributed by atoms with Crippen LogP contribution in [0.5, 0.6) is 5.75 Å². The average Bonchev–Trinajstić information content (AvgIpc) is 2.79. The lowest BCUT2D eigenvalue weighted by Gasteiger charge is -2.17. The van der Waals surface area contributed by atoms with E-state index in [1.165, 1.54) is 11.4 Å². The monoisotopic (exact) mass is 309 g/mol. The van der Waals surface area contributed by atoms with E-state index in [0.29, 0.717) is 11.4 Å². The molecule has 6 nitrogen and oxygen atoms in total. The number of ether oxygens (including phenoxy) is 1. The van der Waals surface area contributed by atoms with E-state index in [9.17, 15) is 8.42 Å². The molecule has 0 saturated carbocycles. The predicted molar refractivity (Wildman–Crippen MR) is 79.8 cm³/mol. The molecule has 2 aromatic rings. The fraction of sp³-hybridized carbons (Fsp3) is 0.357. The van der Waals surface area contributed by atoms with Gasteiger partial charge >= 0.3 is 0 Å². The van der Waals surface area contributed by atoms with Gasteiger partial charge in [-0.3, -0.25) is 5.10 Å². The molecule has 1 aromatic heterocycles. The van der Waals surface area contributed by atoms with Crippen LogP contribution in [0.15, 0.2) is 35.2 Å². The molecule has 0 aliphatic heterocycles. The molecule has 0 aliphatic rings. The standard InChI is InChI=1S/C14H19N3O3S/c1-11-14(12(2)16-15-11)21(18,19)17(3)9-10-20-13-7-5-4-6-8-13/h4-8H,9-10H2,1-3H3,(H,15,16). The van der Waals surface area contributed by atoms with E-state index in [1.807, 2.05) is 30.3 Å². The topological polar surface area (TPSA) is 75.3 Å². The van der Waals surface area contributed by atoms with Crippen molar-refractivity contribution in [3.63, 3.8) is 0 Å². The van der Waals surface area contributed by atoms with Crippen LogP contribution in [0.2, 0.25) is 0 Å². The van der Waals surface area contributed by atoms with Gasteiger partial charge < -0.3 is 4.74 Å². The van der Waals surface area contributed by atoms with Crippen LogP contribution in [0.1, 0.15) is 11.4 Å². The van der Waals surface area contributed by atoms with Crippen LogP contribution in [0.25, 0.3) is 0 Å². The summed E-state index contributed by atoms with van der Waals surface area (Å²) in [4.78, 5) is 0.240. The third kappa shape index (κ3) is 3.43. The Hall–Kier alpha value is -1.86. The largest absolute Gasteiger partial charge is 0.492 e. The van der Waals surface area contributed by atoms with Crippen molar-refractivity contribution in [2.45, 2.75) is 18.7 Å². The number of nitrogens with one attached hydrogen (secondary N) is 1. The molecule has 0 bridgehead atoms. The first kappa shape index (κ1) is 15.5. The van der Waals surface area contributed by atoms with Crippen molar-refractivity contribution in [3.8, 4) is 5.75 Å². The lowest BCUT2D eigenvalue weighted by molar-refractivity contribution is 0.287. The number of H-pyrrole nitrogens is 1. The molecule has 1 aromatic carbocycles. The van der Waals surface area contributed by atoms with Crippen LogP contribution in [0.3, 0.4) is 0 Å². The Balaban J connectivity index is 2.01. The highest BCUT2D eigenvalue weighted by Crippen LogP contribution is 2.20. The van der Waals surface area contributed by atoms with Crippen molar-refractivity contribution in [1.82, 2.24) is 14.5 Å². The Morgan fingerprint density at radius 2 is 1.90 bits per heavy atom. The smallest absolute Gasteiger partial charge is 0.246 e. The summed E-state index contributed by atoms with van der Waals surface area (Å²) in [5.41, 5.74) is 1.02. The normalized spacial score (nSPS) is 11.8. The maximum atomic E-state index is 12.5. The van der Waals surface area contributed by atoms with Crippen LogP contribution in [0, 0.1) is 13.8 Å². The first-order chi connectivity index (χ1) is 9.93. The number of hydrogen-bond donors (Lipinski definition) is 1. The number of aromatic amines is 1. The van der Waals surface area contributed by atoms with Gasteiger partial charge in [-0.15, -0.1) is 0 Å². The Bertz CT molecular complexity index is 676. The van der Waals surface area contributed by atoms with E-state index < -0.39 is 10.0 Å². The summed E-state index contributed by atoms with van der Waals surface area (Å²) >= 11 is 0. The zero-order valence-corrected chi connectivity index (χ0v) is 13.1. The molecule has 114 valence electrons. The van der Waals surface area contributed by atoms with Crippen molar-refractivity contribution in [3.05, 3.63) is 41.7 Å². The number of nitrogens with zero attached hydrogens (tertiary/aromatic N) is 2. The lowest BCUT2D eigenvalue weighted by Crippen LogP contribution is -2.31. The molecule has 0 atom stereocenters. The van der Waals surface area contributed by atoms with Crippen molar-refractivity contribution >= 4 is 10.0 Å². The maximum absolute atomic E-state index is 12.5. The van der Waals surface area contributed by atoms with Crippen LogP contribution in [-0.2, 0) is 10.0 Å². The molecule has 0 amide bonds. The summed E-state index contributed by atoms with van der Waals surface area (Å²) in [7, 11) is -2.01. The lowest BCUT2D eigenvalue weighted by atomic mass is 10.3. The van der Waals surface area contributed by atoms with Crippen molar-refractivity contribution < 1.29 is 13.2 Å². The summed E-state index contributed by atoms with van der Waals surface area (Å²) in [6.07, 6.45) is 0. The summed E-state index contributed by atoms with van der Waals surface area (Å²) in [6, 6.07) is 9.30. The zero-order valence-electron chi connectivity index (χ0n) is 12.3. The first-order valence-corrected chi connectivity index (χ1v) is 8.02. The van der Waals surface area contributed by atoms with E-state index in [-0.39, 0.29) is 18.0 Å². The van der Waals surface area contributed by atoms with Gasteiger partial charge in [-0.25, -0.2) is 8.42 Å². The Morgan fingerprint density at radius 1 is 1.24 bits per heavy atom. The van der Waals surface area contributed by atoms with E-state index in [2.05, 4.69) is 10.2 Å². The van der Waals surface area contributed by atoms with Gasteiger partial charge in [-0.05, 0) is 26.0 Å². The van der Waals surface area contributed by atoms with E-state index in [4.69, 9.17) is 4.74 Å². The van der Waals surface area contributed by atoms with Gasteiger partial charge in [0.25, 0.3) is 0 Å². The predicted octanol–water partition coefficient (Wildman–Crippen LogP) is 1.73. The van der Waals surface area contributed by atoms with Crippen LogP contribution < -0.4 is 4.74 Å². The molecule has 0 fully saturated rings. The minimum Gasteiger partial charge on any atom is -0.492 e. The second-order valence-corrected chi connectivity index (χ2v) is 6.73. The second kappa shape index (κ2) is 6.28. The second-order valence-electron chi connectivity index (χ2n) is 4.75. The van der Waals surface area contributed by atoms with Gasteiger partial charge in [0, 0.05) is 13.6 Å². The average molecular weight is 309 g/mol. The van der Waals surface area contributed by atoms with Crippen LogP contribution in [0.4, 0.5) is 0 Å². The number of aromatic nitrogens is 2. The molecule has 0 saturated heterocycles. The molecule has 1 N–H and O–H groups in total. The molecular weight excluding hydrogens is 290 g/mol. The van der Waals surface area contributed by atoms with Gasteiger partial charge in [0.05, 0.1) is 11.4 Å². The number of likely N-dealkylation sites (N-methyl/N-ethyl adjacent to an activating group) is 1. The Kier molecular flexibility index (Phi) is 4.64. The molecule has 0 aliphatic carbocycles. The number of sulfonamides is 1. The number of benzene rings is 1. The Labute approximate surface area is 124 Å². The third-order valence-electron chi connectivity index (χ3n) is 3.15. The molecule has 0 spiro atoms. The van der Waals surface area contributed by atoms with Crippen LogP contribution >= 0.6 is 0 Å². The number of rotatable bonds is 6. The number of aryl methyl sites for hydroxylation is 2. The molecule has 1 heterocycles. The van der Waals surface area contributed by atoms with Crippen LogP contribution in [-0.4, -0.2) is 43.1 Å². The summed E-state index contributed by atoms with van der Waals surface area (Å²) in [6.45, 7) is 3.92. The minimum atomic E-state index is -3.55. The maximum Gasteiger partial charge on any atom is 0.246 e. The molecule has 21 heavy (non-hydrogen) atoms. The zero-order chi connectivity index (χ0) is 15.5. The van der Waals surface area contributed by atoms with Crippen molar-refractivity contribution in [2.75, 3.05) is 20.2 Å². The van der Waals surface area contributed by atoms with E-state index in [0.717, 1.165) is 5.75 Å². The summed E-state index contributed by atoms with van der Waals surface area (Å²) in [5, 5.41) is 6.62.